The summed E-state index contributed by atoms with van der Waals surface area (Å²) in [6.45, 7) is 5.30. The van der Waals surface area contributed by atoms with Crippen molar-refractivity contribution in [1.82, 2.24) is 10.6 Å². The van der Waals surface area contributed by atoms with Crippen molar-refractivity contribution in [3.63, 3.8) is 0 Å². The molecular weight excluding hydrogens is 184 g/mol. The van der Waals surface area contributed by atoms with Crippen LogP contribution in [0.15, 0.2) is 0 Å². The Morgan fingerprint density at radius 3 is 2.57 bits per heavy atom. The van der Waals surface area contributed by atoms with E-state index in [9.17, 15) is 9.59 Å². The second kappa shape index (κ2) is 7.32. The van der Waals surface area contributed by atoms with Crippen LogP contribution >= 0.6 is 0 Å². The van der Waals surface area contributed by atoms with Gasteiger partial charge in [0.2, 0.25) is 5.91 Å². The van der Waals surface area contributed by atoms with Crippen LogP contribution in [0.3, 0.4) is 0 Å². The summed E-state index contributed by atoms with van der Waals surface area (Å²) in [5, 5.41) is 13.8. The van der Waals surface area contributed by atoms with E-state index in [1.54, 1.807) is 0 Å². The van der Waals surface area contributed by atoms with E-state index in [2.05, 4.69) is 10.6 Å². The van der Waals surface area contributed by atoms with E-state index in [1.807, 2.05) is 13.8 Å². The molecule has 0 heterocycles. The van der Waals surface area contributed by atoms with Gasteiger partial charge in [-0.1, -0.05) is 13.8 Å². The van der Waals surface area contributed by atoms with Gasteiger partial charge in [-0.05, 0) is 19.0 Å². The number of nitrogens with one attached hydrogen (secondary N) is 2. The Hall–Kier alpha value is -1.10. The third-order valence-electron chi connectivity index (χ3n) is 1.71. The zero-order valence-corrected chi connectivity index (χ0v) is 8.67. The number of carbonyl (C=O) groups is 2. The van der Waals surface area contributed by atoms with E-state index in [1.165, 1.54) is 0 Å². The maximum Gasteiger partial charge on any atom is 0.322 e. The number of hydrogen-bond acceptors (Lipinski definition) is 3. The topological polar surface area (TPSA) is 78.4 Å². The number of aliphatic carboxylic acids is 1. The van der Waals surface area contributed by atoms with Gasteiger partial charge in [0.1, 0.15) is 6.54 Å². The predicted octanol–water partition coefficient (Wildman–Crippen LogP) is -0.177. The summed E-state index contributed by atoms with van der Waals surface area (Å²) in [6, 6.07) is 0. The Balaban J connectivity index is 3.55. The molecule has 3 N–H and O–H groups in total. The first-order valence-corrected chi connectivity index (χ1v) is 4.75. The van der Waals surface area contributed by atoms with E-state index in [0.29, 0.717) is 6.42 Å². The highest BCUT2D eigenvalue weighted by atomic mass is 16.4. The predicted molar refractivity (Wildman–Crippen MR) is 53.0 cm³/mol. The zero-order chi connectivity index (χ0) is 11.0. The summed E-state index contributed by atoms with van der Waals surface area (Å²) >= 11 is 0. The lowest BCUT2D eigenvalue weighted by Gasteiger charge is -2.10. The third kappa shape index (κ3) is 7.54. The highest BCUT2D eigenvalue weighted by Crippen LogP contribution is 1.98. The van der Waals surface area contributed by atoms with Crippen molar-refractivity contribution in [3.05, 3.63) is 0 Å². The molecule has 0 aliphatic heterocycles. The van der Waals surface area contributed by atoms with Crippen molar-refractivity contribution in [1.29, 1.82) is 0 Å². The maximum atomic E-state index is 11.1. The summed E-state index contributed by atoms with van der Waals surface area (Å²) in [7, 11) is 0. The molecule has 14 heavy (non-hydrogen) atoms. The van der Waals surface area contributed by atoms with E-state index < -0.39 is 5.97 Å². The monoisotopic (exact) mass is 202 g/mol. The number of amides is 1. The average molecular weight is 202 g/mol. The molecule has 0 rings (SSSR count). The summed E-state index contributed by atoms with van der Waals surface area (Å²) < 4.78 is 0. The molecule has 0 saturated heterocycles. The lowest BCUT2D eigenvalue weighted by Crippen LogP contribution is -2.32. The first kappa shape index (κ1) is 12.9. The molecule has 0 aromatic rings. The lowest BCUT2D eigenvalue weighted by molar-refractivity contribution is -0.138. The fraction of sp³-hybridized carbons (Fsp3) is 0.778. The fourth-order valence-corrected chi connectivity index (χ4v) is 1.03. The first-order valence-electron chi connectivity index (χ1n) is 4.75. The number of carbonyl (C=O) groups excluding carboxylic acids is 1. The van der Waals surface area contributed by atoms with Crippen molar-refractivity contribution in [3.8, 4) is 0 Å². The number of carboxylic acids is 1. The molecule has 0 saturated carbocycles. The summed E-state index contributed by atoms with van der Waals surface area (Å²) in [5.74, 6) is -1.00. The van der Waals surface area contributed by atoms with Crippen LogP contribution in [0.5, 0.6) is 0 Å². The SMILES string of the molecule is CCNCC(C)CC(=O)NCC(=O)O. The Kier molecular flexibility index (Phi) is 6.74. The largest absolute Gasteiger partial charge is 0.480 e. The molecule has 0 spiro atoms. The van der Waals surface area contributed by atoms with Crippen molar-refractivity contribution >= 4 is 11.9 Å². The van der Waals surface area contributed by atoms with Crippen LogP contribution in [-0.4, -0.2) is 36.6 Å². The van der Waals surface area contributed by atoms with Crippen LogP contribution in [-0.2, 0) is 9.59 Å². The molecule has 0 aliphatic carbocycles. The zero-order valence-electron chi connectivity index (χ0n) is 8.67. The van der Waals surface area contributed by atoms with Gasteiger partial charge in [-0.15, -0.1) is 0 Å². The van der Waals surface area contributed by atoms with Crippen LogP contribution in [0.1, 0.15) is 20.3 Å². The van der Waals surface area contributed by atoms with Crippen molar-refractivity contribution in [2.75, 3.05) is 19.6 Å². The van der Waals surface area contributed by atoms with E-state index in [0.717, 1.165) is 13.1 Å². The lowest BCUT2D eigenvalue weighted by atomic mass is 10.1. The average Bonchev–Trinajstić information content (AvgIpc) is 2.11. The van der Waals surface area contributed by atoms with Gasteiger partial charge in [0, 0.05) is 6.42 Å². The molecule has 0 bridgehead atoms. The minimum Gasteiger partial charge on any atom is -0.480 e. The van der Waals surface area contributed by atoms with Crippen LogP contribution in [0.2, 0.25) is 0 Å². The molecule has 1 atom stereocenters. The number of carboxylic acid groups (broad SMARTS) is 1. The van der Waals surface area contributed by atoms with Gasteiger partial charge in [-0.25, -0.2) is 0 Å². The molecule has 0 radical (unpaired) electrons. The number of rotatable bonds is 7. The van der Waals surface area contributed by atoms with Crippen LogP contribution < -0.4 is 10.6 Å². The first-order chi connectivity index (χ1) is 6.56. The minimum absolute atomic E-state index is 0.210. The molecule has 5 nitrogen and oxygen atoms in total. The smallest absolute Gasteiger partial charge is 0.322 e. The molecule has 0 aromatic heterocycles. The van der Waals surface area contributed by atoms with Crippen molar-refractivity contribution < 1.29 is 14.7 Å². The van der Waals surface area contributed by atoms with Gasteiger partial charge < -0.3 is 15.7 Å². The maximum absolute atomic E-state index is 11.1. The third-order valence-corrected chi connectivity index (χ3v) is 1.71. The van der Waals surface area contributed by atoms with E-state index in [4.69, 9.17) is 5.11 Å². The van der Waals surface area contributed by atoms with Gasteiger partial charge in [-0.3, -0.25) is 9.59 Å². The molecular formula is C9H18N2O3. The van der Waals surface area contributed by atoms with Gasteiger partial charge in [0.15, 0.2) is 0 Å². The normalized spacial score (nSPS) is 12.1. The highest BCUT2D eigenvalue weighted by molar-refractivity contribution is 5.81. The Bertz CT molecular complexity index is 194. The standard InChI is InChI=1S/C9H18N2O3/c1-3-10-5-7(2)4-8(12)11-6-9(13)14/h7,10H,3-6H2,1-2H3,(H,11,12)(H,13,14). The van der Waals surface area contributed by atoms with E-state index in [-0.39, 0.29) is 18.4 Å². The highest BCUT2D eigenvalue weighted by Gasteiger charge is 2.08. The molecule has 0 fully saturated rings. The second-order valence-electron chi connectivity index (χ2n) is 3.29. The Labute approximate surface area is 83.9 Å². The molecule has 1 unspecified atom stereocenters. The molecule has 82 valence electrons. The quantitative estimate of drug-likeness (QED) is 0.535. The van der Waals surface area contributed by atoms with Gasteiger partial charge in [0.25, 0.3) is 0 Å². The van der Waals surface area contributed by atoms with E-state index >= 15 is 0 Å². The fourth-order valence-electron chi connectivity index (χ4n) is 1.03. The van der Waals surface area contributed by atoms with Gasteiger partial charge in [0.05, 0.1) is 0 Å². The molecule has 5 heteroatoms. The van der Waals surface area contributed by atoms with Gasteiger partial charge >= 0.3 is 5.97 Å². The van der Waals surface area contributed by atoms with Crippen LogP contribution in [0.25, 0.3) is 0 Å². The summed E-state index contributed by atoms with van der Waals surface area (Å²) in [6.07, 6.45) is 0.361. The molecule has 1 amide bonds. The van der Waals surface area contributed by atoms with Crippen molar-refractivity contribution in [2.45, 2.75) is 20.3 Å². The Morgan fingerprint density at radius 1 is 1.43 bits per heavy atom. The summed E-state index contributed by atoms with van der Waals surface area (Å²) in [5.41, 5.74) is 0. The van der Waals surface area contributed by atoms with Crippen LogP contribution in [0, 0.1) is 5.92 Å². The summed E-state index contributed by atoms with van der Waals surface area (Å²) in [4.78, 5) is 21.3. The number of hydrogen-bond donors (Lipinski definition) is 3. The van der Waals surface area contributed by atoms with Gasteiger partial charge in [-0.2, -0.15) is 0 Å². The van der Waals surface area contributed by atoms with Crippen molar-refractivity contribution in [2.24, 2.45) is 5.92 Å². The minimum atomic E-state index is -1.02. The molecule has 0 aliphatic rings. The van der Waals surface area contributed by atoms with Crippen LogP contribution in [0.4, 0.5) is 0 Å². The molecule has 0 aromatic carbocycles. The Morgan fingerprint density at radius 2 is 2.07 bits per heavy atom. The second-order valence-corrected chi connectivity index (χ2v) is 3.29.